The summed E-state index contributed by atoms with van der Waals surface area (Å²) in [6.45, 7) is 2.82. The van der Waals surface area contributed by atoms with Crippen LogP contribution in [0.2, 0.25) is 0 Å². The number of hydrogen-bond donors (Lipinski definition) is 1. The molecule has 0 unspecified atom stereocenters. The molecule has 0 saturated carbocycles. The summed E-state index contributed by atoms with van der Waals surface area (Å²) in [6.07, 6.45) is 6.99. The average molecular weight is 443 g/mol. The van der Waals surface area contributed by atoms with E-state index in [1.54, 1.807) is 24.3 Å². The summed E-state index contributed by atoms with van der Waals surface area (Å²) in [5.41, 5.74) is 4.94. The number of aliphatic hydroxyl groups is 1. The lowest BCUT2D eigenvalue weighted by atomic mass is 10.1. The normalized spacial score (nSPS) is 12.1. The molecule has 0 radical (unpaired) electrons. The summed E-state index contributed by atoms with van der Waals surface area (Å²) in [7, 11) is 0. The summed E-state index contributed by atoms with van der Waals surface area (Å²) in [4.78, 5) is 16.7. The lowest BCUT2D eigenvalue weighted by Gasteiger charge is -2.11. The van der Waals surface area contributed by atoms with Gasteiger partial charge in [-0.3, -0.25) is 4.98 Å². The van der Waals surface area contributed by atoms with Gasteiger partial charge in [-0.05, 0) is 54.3 Å². The second-order valence-corrected chi connectivity index (χ2v) is 8.38. The Hall–Kier alpha value is -3.44. The number of nitrogens with zero attached hydrogens (tertiary/aromatic N) is 2. The Morgan fingerprint density at radius 1 is 1.09 bits per heavy atom. The van der Waals surface area contributed by atoms with Crippen LogP contribution >= 0.6 is 0 Å². The smallest absolute Gasteiger partial charge is 0.338 e. The molecule has 2 aromatic carbocycles. The van der Waals surface area contributed by atoms with E-state index in [-0.39, 0.29) is 6.61 Å². The van der Waals surface area contributed by atoms with E-state index >= 15 is 0 Å². The van der Waals surface area contributed by atoms with Gasteiger partial charge >= 0.3 is 5.97 Å². The molecule has 0 aliphatic rings. The molecule has 0 saturated heterocycles. The molecule has 2 aromatic heterocycles. The lowest BCUT2D eigenvalue weighted by Crippen LogP contribution is -2.20. The molecule has 0 aliphatic heterocycles. The van der Waals surface area contributed by atoms with Crippen LogP contribution in [0.4, 0.5) is 0 Å². The standard InChI is InChI=1S/C28H30N2O3/c1-2-3-9-21-14-15-29-24(16-21)19-30-18-23(26-12-7-8-13-27(26)30)17-25(31)20-33-28(32)22-10-5-4-6-11-22/h4-8,10-16,18,25,31H,2-3,9,17,19-20H2,1H3/t25-/m0/s1. The highest BCUT2D eigenvalue weighted by molar-refractivity contribution is 5.89. The van der Waals surface area contributed by atoms with Crippen LogP contribution in [0.15, 0.2) is 79.1 Å². The Labute approximate surface area is 194 Å². The third-order valence-corrected chi connectivity index (χ3v) is 5.78. The minimum Gasteiger partial charge on any atom is -0.459 e. The van der Waals surface area contributed by atoms with Crippen LogP contribution in [0.5, 0.6) is 0 Å². The number of carbonyl (C=O) groups excluding carboxylic acids is 1. The van der Waals surface area contributed by atoms with Gasteiger partial charge in [-0.2, -0.15) is 0 Å². The first kappa shape index (κ1) is 22.7. The SMILES string of the molecule is CCCCc1ccnc(Cn2cc(C[C@H](O)COC(=O)c3ccccc3)c3ccccc32)c1. The minimum atomic E-state index is -0.785. The molecule has 1 atom stereocenters. The number of unbranched alkanes of at least 4 members (excludes halogenated alkanes) is 1. The van der Waals surface area contributed by atoms with E-state index in [0.717, 1.165) is 28.6 Å². The number of fused-ring (bicyclic) bond motifs is 1. The van der Waals surface area contributed by atoms with Crippen molar-refractivity contribution in [2.24, 2.45) is 0 Å². The summed E-state index contributed by atoms with van der Waals surface area (Å²) < 4.78 is 7.50. The van der Waals surface area contributed by atoms with Gasteiger partial charge in [-0.1, -0.05) is 49.7 Å². The van der Waals surface area contributed by atoms with E-state index in [2.05, 4.69) is 46.9 Å². The quantitative estimate of drug-likeness (QED) is 0.343. The summed E-state index contributed by atoms with van der Waals surface area (Å²) in [6, 6.07) is 21.3. The molecule has 0 spiro atoms. The van der Waals surface area contributed by atoms with Crippen LogP contribution in [0.25, 0.3) is 10.9 Å². The van der Waals surface area contributed by atoms with Crippen LogP contribution in [0, 0.1) is 0 Å². The fourth-order valence-corrected chi connectivity index (χ4v) is 4.08. The number of ether oxygens (including phenoxy) is 1. The second-order valence-electron chi connectivity index (χ2n) is 8.38. The molecular weight excluding hydrogens is 412 g/mol. The Kier molecular flexibility index (Phi) is 7.53. The van der Waals surface area contributed by atoms with Crippen molar-refractivity contribution in [3.05, 3.63) is 102 Å². The highest BCUT2D eigenvalue weighted by Crippen LogP contribution is 2.24. The van der Waals surface area contributed by atoms with Gasteiger partial charge in [-0.25, -0.2) is 4.79 Å². The van der Waals surface area contributed by atoms with Crippen molar-refractivity contribution in [3.8, 4) is 0 Å². The first-order chi connectivity index (χ1) is 16.1. The molecule has 4 aromatic rings. The number of rotatable bonds is 10. The van der Waals surface area contributed by atoms with Gasteiger partial charge in [0, 0.05) is 29.7 Å². The minimum absolute atomic E-state index is 0.0474. The molecule has 0 bridgehead atoms. The second kappa shape index (κ2) is 10.9. The maximum absolute atomic E-state index is 12.2. The number of hydrogen-bond acceptors (Lipinski definition) is 4. The number of aryl methyl sites for hydroxylation is 1. The first-order valence-electron chi connectivity index (χ1n) is 11.5. The van der Waals surface area contributed by atoms with Crippen molar-refractivity contribution in [3.63, 3.8) is 0 Å². The first-order valence-corrected chi connectivity index (χ1v) is 11.5. The molecule has 1 N–H and O–H groups in total. The van der Waals surface area contributed by atoms with Gasteiger partial charge in [0.25, 0.3) is 0 Å². The van der Waals surface area contributed by atoms with Gasteiger partial charge in [0.2, 0.25) is 0 Å². The highest BCUT2D eigenvalue weighted by Gasteiger charge is 2.15. The van der Waals surface area contributed by atoms with Gasteiger partial charge < -0.3 is 14.4 Å². The van der Waals surface area contributed by atoms with Crippen molar-refractivity contribution in [2.45, 2.75) is 45.3 Å². The average Bonchev–Trinajstić information content (AvgIpc) is 3.19. The third kappa shape index (κ3) is 5.88. The van der Waals surface area contributed by atoms with Crippen molar-refractivity contribution in [1.82, 2.24) is 9.55 Å². The molecular formula is C28H30N2O3. The van der Waals surface area contributed by atoms with Crippen LogP contribution in [-0.2, 0) is 24.1 Å². The summed E-state index contributed by atoms with van der Waals surface area (Å²) >= 11 is 0. The van der Waals surface area contributed by atoms with Gasteiger partial charge in [0.15, 0.2) is 0 Å². The topological polar surface area (TPSA) is 64.3 Å². The fraction of sp³-hybridized carbons (Fsp3) is 0.286. The largest absolute Gasteiger partial charge is 0.459 e. The number of aromatic nitrogens is 2. The van der Waals surface area contributed by atoms with Crippen molar-refractivity contribution in [1.29, 1.82) is 0 Å². The Balaban J connectivity index is 1.46. The molecule has 2 heterocycles. The van der Waals surface area contributed by atoms with E-state index in [9.17, 15) is 9.90 Å². The number of esters is 1. The summed E-state index contributed by atoms with van der Waals surface area (Å²) in [5.74, 6) is -0.425. The molecule has 5 nitrogen and oxygen atoms in total. The van der Waals surface area contributed by atoms with Gasteiger partial charge in [-0.15, -0.1) is 0 Å². The molecule has 33 heavy (non-hydrogen) atoms. The highest BCUT2D eigenvalue weighted by atomic mass is 16.5. The predicted octanol–water partition coefficient (Wildman–Crippen LogP) is 5.19. The van der Waals surface area contributed by atoms with Gasteiger partial charge in [0.05, 0.1) is 23.9 Å². The monoisotopic (exact) mass is 442 g/mol. The Morgan fingerprint density at radius 3 is 2.70 bits per heavy atom. The molecule has 0 aliphatic carbocycles. The zero-order chi connectivity index (χ0) is 23.0. The number of pyridine rings is 1. The van der Waals surface area contributed by atoms with E-state index in [1.807, 2.05) is 24.4 Å². The number of aliphatic hydroxyl groups excluding tert-OH is 1. The molecule has 5 heteroatoms. The zero-order valence-electron chi connectivity index (χ0n) is 19.0. The van der Waals surface area contributed by atoms with E-state index < -0.39 is 12.1 Å². The van der Waals surface area contributed by atoms with Crippen molar-refractivity contribution < 1.29 is 14.6 Å². The van der Waals surface area contributed by atoms with E-state index in [1.165, 1.54) is 18.4 Å². The van der Waals surface area contributed by atoms with Crippen LogP contribution < -0.4 is 0 Å². The maximum atomic E-state index is 12.2. The van der Waals surface area contributed by atoms with Crippen LogP contribution in [0.3, 0.4) is 0 Å². The van der Waals surface area contributed by atoms with E-state index in [4.69, 9.17) is 4.74 Å². The van der Waals surface area contributed by atoms with Crippen molar-refractivity contribution >= 4 is 16.9 Å². The van der Waals surface area contributed by atoms with Crippen LogP contribution in [-0.4, -0.2) is 33.3 Å². The number of carbonyl (C=O) groups is 1. The van der Waals surface area contributed by atoms with Gasteiger partial charge in [0.1, 0.15) is 6.61 Å². The van der Waals surface area contributed by atoms with E-state index in [0.29, 0.717) is 18.5 Å². The fourth-order valence-electron chi connectivity index (χ4n) is 4.08. The molecule has 0 amide bonds. The Bertz CT molecular complexity index is 1200. The maximum Gasteiger partial charge on any atom is 0.338 e. The molecule has 170 valence electrons. The lowest BCUT2D eigenvalue weighted by molar-refractivity contribution is 0.0259. The summed E-state index contributed by atoms with van der Waals surface area (Å²) in [5, 5.41) is 11.7. The predicted molar refractivity (Wildman–Crippen MR) is 130 cm³/mol. The molecule has 4 rings (SSSR count). The third-order valence-electron chi connectivity index (χ3n) is 5.78. The number of benzene rings is 2. The Morgan fingerprint density at radius 2 is 1.88 bits per heavy atom. The van der Waals surface area contributed by atoms with Crippen molar-refractivity contribution in [2.75, 3.05) is 6.61 Å². The number of para-hydroxylation sites is 1. The van der Waals surface area contributed by atoms with Crippen LogP contribution in [0.1, 0.15) is 46.9 Å². The molecule has 0 fully saturated rings. The zero-order valence-corrected chi connectivity index (χ0v) is 19.0.